The molecule has 2 aliphatic carbocycles. The molecule has 11 aromatic carbocycles. The highest BCUT2D eigenvalue weighted by atomic mass is 28.3. The molecule has 0 saturated heterocycles. The van der Waals surface area contributed by atoms with Crippen LogP contribution in [0.2, 0.25) is 26.2 Å². The van der Waals surface area contributed by atoms with Crippen LogP contribution in [-0.4, -0.2) is 16.1 Å². The minimum Gasteiger partial charge on any atom is -0.455 e. The first-order valence-corrected chi connectivity index (χ1v) is 35.1. The molecule has 2 aromatic heterocycles. The summed E-state index contributed by atoms with van der Waals surface area (Å²) in [6, 6.07) is 81.6. The molecule has 0 fully saturated rings. The first-order chi connectivity index (χ1) is 39.8. The number of furan rings is 2. The second-order valence-corrected chi connectivity index (χ2v) is 34.1. The number of hydrogen-bond donors (Lipinski definition) is 0. The Kier molecular flexibility index (Phi) is 9.55. The van der Waals surface area contributed by atoms with Crippen LogP contribution in [0.4, 0.5) is 34.1 Å². The lowest BCUT2D eigenvalue weighted by atomic mass is 9.82. The van der Waals surface area contributed by atoms with Gasteiger partial charge in [0.15, 0.2) is 5.58 Å². The van der Waals surface area contributed by atoms with E-state index >= 15 is 0 Å². The lowest BCUT2D eigenvalue weighted by Crippen LogP contribution is -2.63. The molecule has 0 unspecified atom stereocenters. The van der Waals surface area contributed by atoms with E-state index in [0.717, 1.165) is 66.9 Å². The summed E-state index contributed by atoms with van der Waals surface area (Å²) in [7, 11) is -5.20. The Hall–Kier alpha value is -8.95. The second-order valence-electron chi connectivity index (χ2n) is 25.5. The molecule has 4 aliphatic rings. The zero-order valence-electron chi connectivity index (χ0n) is 47.5. The lowest BCUT2D eigenvalue weighted by Gasteiger charge is -2.31. The Morgan fingerprint density at radius 3 is 1.29 bits per heavy atom. The molecule has 13 aromatic rings. The molecule has 0 spiro atoms. The molecule has 4 heterocycles. The summed E-state index contributed by atoms with van der Waals surface area (Å²) in [5.74, 6) is 0. The highest BCUT2D eigenvalue weighted by Gasteiger charge is 2.51. The third-order valence-corrected chi connectivity index (χ3v) is 27.0. The van der Waals surface area contributed by atoms with E-state index < -0.39 is 16.1 Å². The van der Waals surface area contributed by atoms with E-state index in [4.69, 9.17) is 8.83 Å². The third kappa shape index (κ3) is 6.05. The van der Waals surface area contributed by atoms with Gasteiger partial charge in [-0.3, -0.25) is 0 Å². The van der Waals surface area contributed by atoms with Gasteiger partial charge >= 0.3 is 0 Å². The molecule has 17 rings (SSSR count). The summed E-state index contributed by atoms with van der Waals surface area (Å²) in [6.07, 6.45) is 0. The summed E-state index contributed by atoms with van der Waals surface area (Å²) in [4.78, 5) is 5.09. The fraction of sp³-hybridized carbons (Fsp3) is 0.132. The quantitative estimate of drug-likeness (QED) is 0.155. The van der Waals surface area contributed by atoms with Crippen molar-refractivity contribution in [2.75, 3.05) is 9.80 Å². The zero-order chi connectivity index (χ0) is 55.3. The Labute approximate surface area is 480 Å². The molecule has 6 heteroatoms. The van der Waals surface area contributed by atoms with E-state index in [-0.39, 0.29) is 10.8 Å². The summed E-state index contributed by atoms with van der Waals surface area (Å²) in [5, 5.41) is 10.6. The van der Waals surface area contributed by atoms with Gasteiger partial charge in [0.1, 0.15) is 32.9 Å². The standard InChI is InChI=1S/C76H60N2O2Si2/c1-75(2)53-33-19-15-29-47(53)65-55(75)35-23-37-57(65)77(45-25-11-9-12-26-45)59-43-64-69(72-67(59)49-31-17-21-39-61(49)80-72)52-42-41-51-68-63(81(5,6)73(51)74(52)82(64,7)8)44-60(71-70(68)50-32-18-22-40-62(50)79-71)78(46-27-13-10-14-28-46)58-38-24-36-56-66(58)48-30-16-20-34-54(48)76(56,3)4/h9-44H,1-8H3. The number of rotatable bonds is 6. The summed E-state index contributed by atoms with van der Waals surface area (Å²) < 4.78 is 14.7. The molecule has 4 nitrogen and oxygen atoms in total. The van der Waals surface area contributed by atoms with Crippen molar-refractivity contribution in [3.05, 3.63) is 241 Å². The van der Waals surface area contributed by atoms with Crippen LogP contribution in [0.1, 0.15) is 49.9 Å². The van der Waals surface area contributed by atoms with Gasteiger partial charge in [-0.25, -0.2) is 0 Å². The first kappa shape index (κ1) is 47.8. The zero-order valence-corrected chi connectivity index (χ0v) is 49.5. The molecule has 0 amide bonds. The van der Waals surface area contributed by atoms with Crippen LogP contribution >= 0.6 is 0 Å². The molecule has 394 valence electrons. The number of benzene rings is 11. The number of anilines is 6. The molecule has 82 heavy (non-hydrogen) atoms. The van der Waals surface area contributed by atoms with Gasteiger partial charge in [-0.05, 0) is 131 Å². The minimum atomic E-state index is -2.60. The SMILES string of the molecule is CC1(C)c2ccccc2-c2c(N(c3ccccc3)c3cc4c(c5c3oc3ccccc35)-c3ccc5c(c3[Si]4(C)C)[Si](C)(C)c3cc(N(c4ccccc4)c4cccc6c4-c4ccccc4C6(C)C)c4c(oc6ccccc64)c3-5)cccc21. The van der Waals surface area contributed by atoms with E-state index in [1.807, 2.05) is 0 Å². The molecule has 2 aliphatic heterocycles. The molecule has 0 bridgehead atoms. The van der Waals surface area contributed by atoms with E-state index in [1.165, 1.54) is 88.2 Å². The third-order valence-electron chi connectivity index (χ3n) is 19.8. The lowest BCUT2D eigenvalue weighted by molar-refractivity contribution is 0.660. The van der Waals surface area contributed by atoms with Crippen molar-refractivity contribution < 1.29 is 8.83 Å². The van der Waals surface area contributed by atoms with Gasteiger partial charge < -0.3 is 18.6 Å². The van der Waals surface area contributed by atoms with Crippen LogP contribution in [0.5, 0.6) is 0 Å². The number of hydrogen-bond acceptors (Lipinski definition) is 4. The molecule has 0 saturated carbocycles. The van der Waals surface area contributed by atoms with Gasteiger partial charge in [-0.15, -0.1) is 0 Å². The molecular formula is C76H60N2O2Si2. The Balaban J connectivity index is 0.927. The summed E-state index contributed by atoms with van der Waals surface area (Å²) >= 11 is 0. The van der Waals surface area contributed by atoms with Crippen molar-refractivity contribution in [3.8, 4) is 44.5 Å². The van der Waals surface area contributed by atoms with Gasteiger partial charge in [0.2, 0.25) is 0 Å². The number of fused-ring (bicyclic) bond motifs is 21. The predicted octanol–water partition coefficient (Wildman–Crippen LogP) is 18.6. The van der Waals surface area contributed by atoms with Crippen LogP contribution in [0.15, 0.2) is 227 Å². The normalized spacial score (nSPS) is 15.7. The maximum atomic E-state index is 7.40. The van der Waals surface area contributed by atoms with E-state index in [2.05, 4.69) is 282 Å². The van der Waals surface area contributed by atoms with E-state index in [1.54, 1.807) is 10.4 Å². The first-order valence-electron chi connectivity index (χ1n) is 29.1. The highest BCUT2D eigenvalue weighted by Crippen LogP contribution is 2.58. The van der Waals surface area contributed by atoms with Crippen LogP contribution in [-0.2, 0) is 10.8 Å². The average molecular weight is 1090 g/mol. The molecule has 0 radical (unpaired) electrons. The van der Waals surface area contributed by atoms with Gasteiger partial charge in [0, 0.05) is 55.1 Å². The van der Waals surface area contributed by atoms with Gasteiger partial charge in [0.25, 0.3) is 0 Å². The van der Waals surface area contributed by atoms with Crippen molar-refractivity contribution >= 4 is 115 Å². The van der Waals surface area contributed by atoms with Crippen LogP contribution < -0.4 is 30.5 Å². The van der Waals surface area contributed by atoms with Gasteiger partial charge in [-0.2, -0.15) is 0 Å². The summed E-state index contributed by atoms with van der Waals surface area (Å²) in [5.41, 5.74) is 26.0. The molecule has 0 atom stereocenters. The number of nitrogens with zero attached hydrogens (tertiary/aromatic N) is 2. The fourth-order valence-electron chi connectivity index (χ4n) is 16.0. The number of para-hydroxylation sites is 4. The smallest absolute Gasteiger partial charge is 0.160 e. The van der Waals surface area contributed by atoms with Crippen molar-refractivity contribution in [1.82, 2.24) is 0 Å². The monoisotopic (exact) mass is 1090 g/mol. The average Bonchev–Trinajstić information content (AvgIpc) is 2.48. The Morgan fingerprint density at radius 2 is 0.744 bits per heavy atom. The van der Waals surface area contributed by atoms with Crippen LogP contribution in [0.25, 0.3) is 88.4 Å². The topological polar surface area (TPSA) is 32.8 Å². The van der Waals surface area contributed by atoms with Crippen LogP contribution in [0, 0.1) is 0 Å². The van der Waals surface area contributed by atoms with Crippen molar-refractivity contribution in [2.24, 2.45) is 0 Å². The second kappa shape index (κ2) is 16.4. The predicted molar refractivity (Wildman–Crippen MR) is 350 cm³/mol. The maximum absolute atomic E-state index is 7.40. The minimum absolute atomic E-state index is 0.162. The van der Waals surface area contributed by atoms with Crippen molar-refractivity contribution in [1.29, 1.82) is 0 Å². The van der Waals surface area contributed by atoms with Crippen LogP contribution in [0.3, 0.4) is 0 Å². The molecule has 0 N–H and O–H groups in total. The molecular weight excluding hydrogens is 1030 g/mol. The van der Waals surface area contributed by atoms with E-state index in [9.17, 15) is 0 Å². The largest absolute Gasteiger partial charge is 0.455 e. The van der Waals surface area contributed by atoms with Gasteiger partial charge in [0.05, 0.1) is 28.1 Å². The fourth-order valence-corrected chi connectivity index (χ4v) is 24.5. The Bertz CT molecular complexity index is 4940. The van der Waals surface area contributed by atoms with E-state index in [0.29, 0.717) is 0 Å². The summed E-state index contributed by atoms with van der Waals surface area (Å²) in [6.45, 7) is 20.0. The van der Waals surface area contributed by atoms with Gasteiger partial charge in [-0.1, -0.05) is 212 Å². The van der Waals surface area contributed by atoms with Crippen molar-refractivity contribution in [2.45, 2.75) is 64.7 Å². The Morgan fingerprint density at radius 1 is 0.329 bits per heavy atom. The van der Waals surface area contributed by atoms with Crippen molar-refractivity contribution in [3.63, 3.8) is 0 Å². The maximum Gasteiger partial charge on any atom is 0.160 e. The highest BCUT2D eigenvalue weighted by molar-refractivity contribution is 7.13.